The predicted octanol–water partition coefficient (Wildman–Crippen LogP) is 5.09. The van der Waals surface area contributed by atoms with Gasteiger partial charge in [-0.25, -0.2) is 13.8 Å². The molecule has 2 atom stereocenters. The number of pyridine rings is 1. The first-order valence-corrected chi connectivity index (χ1v) is 9.64. The van der Waals surface area contributed by atoms with Crippen LogP contribution in [0.4, 0.5) is 8.78 Å². The lowest BCUT2D eigenvalue weighted by Gasteiger charge is -2.12. The Morgan fingerprint density at radius 3 is 2.52 bits per heavy atom. The van der Waals surface area contributed by atoms with Crippen molar-refractivity contribution in [1.29, 1.82) is 0 Å². The number of thioether (sulfide) groups is 1. The molecule has 0 aliphatic rings. The minimum absolute atomic E-state index is 0.0416. The lowest BCUT2D eigenvalue weighted by molar-refractivity contribution is -0.141. The number of rotatable bonds is 9. The van der Waals surface area contributed by atoms with Crippen LogP contribution in [0.15, 0.2) is 35.4 Å². The average molecular weight is 395 g/mol. The molecular weight excluding hydrogens is 372 g/mol. The van der Waals surface area contributed by atoms with Crippen molar-refractivity contribution in [3.05, 3.63) is 53.2 Å². The Morgan fingerprint density at radius 1 is 1.26 bits per heavy atom. The molecule has 1 aromatic carbocycles. The Hall–Kier alpha value is -2.15. The maximum atomic E-state index is 14.2. The molecular formula is C20H23F2NO3S. The Morgan fingerprint density at radius 2 is 1.93 bits per heavy atom. The summed E-state index contributed by atoms with van der Waals surface area (Å²) in [6.07, 6.45) is 1.05. The summed E-state index contributed by atoms with van der Waals surface area (Å²) in [5, 5.41) is 10.2. The first kappa shape index (κ1) is 21.2. The number of hydrogen-bond donors (Lipinski definition) is 1. The van der Waals surface area contributed by atoms with Crippen LogP contribution in [0.2, 0.25) is 0 Å². The number of halogens is 2. The van der Waals surface area contributed by atoms with Gasteiger partial charge in [-0.15, -0.1) is 11.8 Å². The fraction of sp³-hybridized carbons (Fsp3) is 0.400. The smallest absolute Gasteiger partial charge is 0.306 e. The summed E-state index contributed by atoms with van der Waals surface area (Å²) in [5.41, 5.74) is 0.850. The van der Waals surface area contributed by atoms with Gasteiger partial charge in [0.1, 0.15) is 6.61 Å². The van der Waals surface area contributed by atoms with Crippen molar-refractivity contribution in [3.63, 3.8) is 0 Å². The summed E-state index contributed by atoms with van der Waals surface area (Å²) in [5.74, 6) is -3.94. The van der Waals surface area contributed by atoms with Crippen LogP contribution in [0.5, 0.6) is 5.75 Å². The van der Waals surface area contributed by atoms with E-state index in [4.69, 9.17) is 9.84 Å². The molecule has 0 bridgehead atoms. The zero-order valence-electron chi connectivity index (χ0n) is 15.5. The highest BCUT2D eigenvalue weighted by Gasteiger charge is 2.17. The van der Waals surface area contributed by atoms with Crippen molar-refractivity contribution in [2.45, 2.75) is 50.5 Å². The first-order valence-electron chi connectivity index (χ1n) is 8.76. The molecule has 27 heavy (non-hydrogen) atoms. The molecule has 0 saturated heterocycles. The highest BCUT2D eigenvalue weighted by Crippen LogP contribution is 2.26. The molecule has 1 heterocycles. The highest BCUT2D eigenvalue weighted by atomic mass is 32.2. The average Bonchev–Trinajstić information content (AvgIpc) is 2.61. The van der Waals surface area contributed by atoms with Gasteiger partial charge in [-0.05, 0) is 42.7 Å². The molecule has 1 aromatic heterocycles. The van der Waals surface area contributed by atoms with Crippen LogP contribution in [0.3, 0.4) is 0 Å². The van der Waals surface area contributed by atoms with Gasteiger partial charge in [-0.1, -0.05) is 26.8 Å². The number of aromatic nitrogens is 1. The van der Waals surface area contributed by atoms with Gasteiger partial charge in [0.05, 0.1) is 16.6 Å². The van der Waals surface area contributed by atoms with Crippen LogP contribution in [-0.2, 0) is 17.8 Å². The summed E-state index contributed by atoms with van der Waals surface area (Å²) in [6.45, 7) is 5.62. The van der Waals surface area contributed by atoms with Crippen LogP contribution in [0.25, 0.3) is 0 Å². The second-order valence-electron chi connectivity index (χ2n) is 6.42. The lowest BCUT2D eigenvalue weighted by atomic mass is 10.0. The molecule has 2 rings (SSSR count). The second kappa shape index (κ2) is 9.69. The predicted molar refractivity (Wildman–Crippen MR) is 101 cm³/mol. The minimum Gasteiger partial charge on any atom is -0.481 e. The van der Waals surface area contributed by atoms with Crippen LogP contribution in [-0.4, -0.2) is 21.3 Å². The van der Waals surface area contributed by atoms with Gasteiger partial charge in [0.25, 0.3) is 0 Å². The topological polar surface area (TPSA) is 59.4 Å². The van der Waals surface area contributed by atoms with E-state index in [9.17, 15) is 13.6 Å². The molecule has 0 saturated carbocycles. The van der Waals surface area contributed by atoms with Gasteiger partial charge >= 0.3 is 5.97 Å². The van der Waals surface area contributed by atoms with E-state index < -0.39 is 29.3 Å². The van der Waals surface area contributed by atoms with Gasteiger partial charge in [0.2, 0.25) is 0 Å². The summed E-state index contributed by atoms with van der Waals surface area (Å²) in [7, 11) is 0. The molecule has 0 amide bonds. The second-order valence-corrected chi connectivity index (χ2v) is 7.88. The maximum Gasteiger partial charge on any atom is 0.306 e. The van der Waals surface area contributed by atoms with E-state index in [1.165, 1.54) is 6.92 Å². The number of carboxylic acids is 1. The van der Waals surface area contributed by atoms with Crippen LogP contribution in [0, 0.1) is 17.6 Å². The zero-order valence-corrected chi connectivity index (χ0v) is 16.4. The van der Waals surface area contributed by atoms with Crippen molar-refractivity contribution < 1.29 is 23.4 Å². The summed E-state index contributed by atoms with van der Waals surface area (Å²) < 4.78 is 33.8. The first-order chi connectivity index (χ1) is 12.8. The van der Waals surface area contributed by atoms with Crippen molar-refractivity contribution in [2.24, 2.45) is 5.92 Å². The van der Waals surface area contributed by atoms with E-state index >= 15 is 0 Å². The molecule has 0 fully saturated rings. The molecule has 7 heteroatoms. The van der Waals surface area contributed by atoms with E-state index in [1.54, 1.807) is 17.8 Å². The van der Waals surface area contributed by atoms with Crippen LogP contribution in [0.1, 0.15) is 38.4 Å². The maximum absolute atomic E-state index is 14.2. The third-order valence-electron chi connectivity index (χ3n) is 4.06. The highest BCUT2D eigenvalue weighted by molar-refractivity contribution is 7.99. The van der Waals surface area contributed by atoms with Crippen LogP contribution >= 0.6 is 11.8 Å². The summed E-state index contributed by atoms with van der Waals surface area (Å²) >= 11 is 1.63. The fourth-order valence-corrected chi connectivity index (χ4v) is 3.25. The van der Waals surface area contributed by atoms with E-state index in [1.807, 2.05) is 12.1 Å². The number of ether oxygens (including phenoxy) is 1. The zero-order chi connectivity index (χ0) is 20.0. The number of carbonyl (C=O) groups is 1. The minimum atomic E-state index is -1.02. The largest absolute Gasteiger partial charge is 0.481 e. The number of nitrogens with zero attached hydrogens (tertiary/aromatic N) is 1. The van der Waals surface area contributed by atoms with Gasteiger partial charge < -0.3 is 9.84 Å². The third kappa shape index (κ3) is 6.20. The Balaban J connectivity index is 2.07. The standard InChI is InChI=1S/C20H23F2NO3S/c1-4-13(3)27-18-7-5-6-15(23-18)11-26-19-16(21)9-14(10-17(19)22)8-12(2)20(24)25/h5-7,9-10,12-13H,4,8,11H2,1-3H3,(H,24,25). The Bertz CT molecular complexity index is 778. The van der Waals surface area contributed by atoms with E-state index in [0.717, 1.165) is 23.6 Å². The monoisotopic (exact) mass is 395 g/mol. The number of hydrogen-bond acceptors (Lipinski definition) is 4. The van der Waals surface area contributed by atoms with Crippen molar-refractivity contribution in [3.8, 4) is 5.75 Å². The Kier molecular flexibility index (Phi) is 7.59. The number of benzene rings is 1. The van der Waals surface area contributed by atoms with E-state index in [2.05, 4.69) is 18.8 Å². The summed E-state index contributed by atoms with van der Waals surface area (Å²) in [6, 6.07) is 7.68. The SMILES string of the molecule is CCC(C)Sc1cccc(COc2c(F)cc(CC(C)C(=O)O)cc2F)n1. The third-order valence-corrected chi connectivity index (χ3v) is 5.27. The molecule has 0 aliphatic carbocycles. The van der Waals surface area contributed by atoms with E-state index in [0.29, 0.717) is 10.9 Å². The number of carboxylic acid groups (broad SMARTS) is 1. The van der Waals surface area contributed by atoms with Gasteiger partial charge in [0.15, 0.2) is 17.4 Å². The normalized spacial score (nSPS) is 13.2. The van der Waals surface area contributed by atoms with Gasteiger partial charge in [-0.3, -0.25) is 4.79 Å². The molecule has 0 spiro atoms. The molecule has 146 valence electrons. The van der Waals surface area contributed by atoms with E-state index in [-0.39, 0.29) is 18.6 Å². The van der Waals surface area contributed by atoms with Crippen molar-refractivity contribution >= 4 is 17.7 Å². The molecule has 4 nitrogen and oxygen atoms in total. The molecule has 2 aromatic rings. The van der Waals surface area contributed by atoms with Crippen LogP contribution < -0.4 is 4.74 Å². The molecule has 1 N–H and O–H groups in total. The molecule has 2 unspecified atom stereocenters. The Labute approximate surface area is 162 Å². The lowest BCUT2D eigenvalue weighted by Crippen LogP contribution is -2.13. The molecule has 0 radical (unpaired) electrons. The quantitative estimate of drug-likeness (QED) is 0.599. The fourth-order valence-electron chi connectivity index (χ4n) is 2.35. The summed E-state index contributed by atoms with van der Waals surface area (Å²) in [4.78, 5) is 15.3. The number of aliphatic carboxylic acids is 1. The van der Waals surface area contributed by atoms with Gasteiger partial charge in [0, 0.05) is 5.25 Å². The molecule has 0 aliphatic heterocycles. The van der Waals surface area contributed by atoms with Gasteiger partial charge in [-0.2, -0.15) is 0 Å². The van der Waals surface area contributed by atoms with Crippen molar-refractivity contribution in [2.75, 3.05) is 0 Å². The van der Waals surface area contributed by atoms with Crippen molar-refractivity contribution in [1.82, 2.24) is 4.98 Å².